The van der Waals surface area contributed by atoms with E-state index in [1.54, 1.807) is 14.2 Å². The van der Waals surface area contributed by atoms with E-state index in [2.05, 4.69) is 15.9 Å². The quantitative estimate of drug-likeness (QED) is 0.804. The zero-order chi connectivity index (χ0) is 16.6. The van der Waals surface area contributed by atoms with Crippen LogP contribution >= 0.6 is 15.9 Å². The van der Waals surface area contributed by atoms with E-state index in [1.807, 2.05) is 48.2 Å². The molecule has 3 rings (SSSR count). The molecule has 2 aromatic rings. The largest absolute Gasteiger partial charge is 0.497 e. The fourth-order valence-corrected chi connectivity index (χ4v) is 3.33. The molecule has 2 aromatic carbocycles. The predicted molar refractivity (Wildman–Crippen MR) is 92.0 cm³/mol. The molecule has 1 aliphatic heterocycles. The molecule has 1 aliphatic rings. The van der Waals surface area contributed by atoms with E-state index in [4.69, 9.17) is 9.47 Å². The molecule has 23 heavy (non-hydrogen) atoms. The van der Waals surface area contributed by atoms with Gasteiger partial charge in [0.05, 0.1) is 26.8 Å². The van der Waals surface area contributed by atoms with E-state index in [9.17, 15) is 4.79 Å². The van der Waals surface area contributed by atoms with Gasteiger partial charge in [-0.05, 0) is 42.8 Å². The van der Waals surface area contributed by atoms with Crippen LogP contribution in [0.4, 0.5) is 0 Å². The first-order valence-electron chi connectivity index (χ1n) is 7.36. The SMILES string of the molecule is COc1ccc(CN2C(=O)c3ccc(Br)cc3C2C)c(OC)c1. The van der Waals surface area contributed by atoms with Crippen LogP contribution in [0.1, 0.15) is 34.5 Å². The maximum absolute atomic E-state index is 12.7. The molecule has 1 heterocycles. The van der Waals surface area contributed by atoms with Gasteiger partial charge in [-0.25, -0.2) is 0 Å². The molecule has 4 nitrogen and oxygen atoms in total. The molecule has 1 unspecified atom stereocenters. The van der Waals surface area contributed by atoms with Crippen molar-refractivity contribution in [3.63, 3.8) is 0 Å². The van der Waals surface area contributed by atoms with E-state index >= 15 is 0 Å². The molecule has 0 saturated carbocycles. The molecule has 1 atom stereocenters. The van der Waals surface area contributed by atoms with E-state index < -0.39 is 0 Å². The number of hydrogen-bond donors (Lipinski definition) is 0. The highest BCUT2D eigenvalue weighted by atomic mass is 79.9. The Morgan fingerprint density at radius 2 is 1.91 bits per heavy atom. The molecule has 120 valence electrons. The monoisotopic (exact) mass is 375 g/mol. The third-order valence-electron chi connectivity index (χ3n) is 4.26. The van der Waals surface area contributed by atoms with E-state index in [0.29, 0.717) is 6.54 Å². The summed E-state index contributed by atoms with van der Waals surface area (Å²) in [7, 11) is 3.24. The van der Waals surface area contributed by atoms with Gasteiger partial charge < -0.3 is 14.4 Å². The van der Waals surface area contributed by atoms with Crippen molar-refractivity contribution in [1.29, 1.82) is 0 Å². The van der Waals surface area contributed by atoms with Crippen molar-refractivity contribution in [1.82, 2.24) is 4.90 Å². The van der Waals surface area contributed by atoms with Gasteiger partial charge in [0.25, 0.3) is 5.91 Å². The average Bonchev–Trinajstić information content (AvgIpc) is 2.79. The lowest BCUT2D eigenvalue weighted by Gasteiger charge is -2.23. The summed E-state index contributed by atoms with van der Waals surface area (Å²) in [4.78, 5) is 14.6. The second-order valence-corrected chi connectivity index (χ2v) is 6.43. The van der Waals surface area contributed by atoms with Crippen molar-refractivity contribution in [2.75, 3.05) is 14.2 Å². The third-order valence-corrected chi connectivity index (χ3v) is 4.75. The maximum atomic E-state index is 12.7. The van der Waals surface area contributed by atoms with Crippen LogP contribution in [-0.2, 0) is 6.54 Å². The number of halogens is 1. The highest BCUT2D eigenvalue weighted by molar-refractivity contribution is 9.10. The molecular weight excluding hydrogens is 358 g/mol. The van der Waals surface area contributed by atoms with Crippen LogP contribution in [-0.4, -0.2) is 25.0 Å². The molecule has 0 aromatic heterocycles. The van der Waals surface area contributed by atoms with Crippen LogP contribution in [0.5, 0.6) is 11.5 Å². The van der Waals surface area contributed by atoms with Gasteiger partial charge in [-0.15, -0.1) is 0 Å². The van der Waals surface area contributed by atoms with Crippen LogP contribution in [0, 0.1) is 0 Å². The Labute approximate surface area is 144 Å². The Hall–Kier alpha value is -2.01. The lowest BCUT2D eigenvalue weighted by atomic mass is 10.1. The van der Waals surface area contributed by atoms with E-state index in [-0.39, 0.29) is 11.9 Å². The average molecular weight is 376 g/mol. The minimum absolute atomic E-state index is 0.0295. The minimum atomic E-state index is 0.0295. The summed E-state index contributed by atoms with van der Waals surface area (Å²) in [6.07, 6.45) is 0. The lowest BCUT2D eigenvalue weighted by Crippen LogP contribution is -2.26. The van der Waals surface area contributed by atoms with Crippen molar-refractivity contribution >= 4 is 21.8 Å². The Balaban J connectivity index is 1.91. The second-order valence-electron chi connectivity index (χ2n) is 5.52. The van der Waals surface area contributed by atoms with E-state index in [1.165, 1.54) is 0 Å². The molecule has 5 heteroatoms. The van der Waals surface area contributed by atoms with Crippen molar-refractivity contribution < 1.29 is 14.3 Å². The Kier molecular flexibility index (Phi) is 4.31. The first-order chi connectivity index (χ1) is 11.0. The number of nitrogens with zero attached hydrogens (tertiary/aromatic N) is 1. The topological polar surface area (TPSA) is 38.8 Å². The molecule has 0 fully saturated rings. The molecule has 1 amide bonds. The van der Waals surface area contributed by atoms with Crippen LogP contribution < -0.4 is 9.47 Å². The van der Waals surface area contributed by atoms with Gasteiger partial charge in [-0.2, -0.15) is 0 Å². The number of amides is 1. The molecule has 0 N–H and O–H groups in total. The molecule has 0 spiro atoms. The highest BCUT2D eigenvalue weighted by Crippen LogP contribution is 2.37. The molecule has 0 saturated heterocycles. The smallest absolute Gasteiger partial charge is 0.255 e. The molecular formula is C18H18BrNO3. The fourth-order valence-electron chi connectivity index (χ4n) is 2.95. The number of hydrogen-bond acceptors (Lipinski definition) is 3. The summed E-state index contributed by atoms with van der Waals surface area (Å²) in [5.41, 5.74) is 2.78. The Morgan fingerprint density at radius 3 is 2.61 bits per heavy atom. The number of carbonyl (C=O) groups excluding carboxylic acids is 1. The van der Waals surface area contributed by atoms with E-state index in [0.717, 1.165) is 32.7 Å². The summed E-state index contributed by atoms with van der Waals surface area (Å²) in [5, 5.41) is 0. The summed E-state index contributed by atoms with van der Waals surface area (Å²) in [5.74, 6) is 1.51. The van der Waals surface area contributed by atoms with Gasteiger partial charge in [0, 0.05) is 21.7 Å². The summed E-state index contributed by atoms with van der Waals surface area (Å²) in [6, 6.07) is 11.5. The summed E-state index contributed by atoms with van der Waals surface area (Å²) in [6.45, 7) is 2.55. The standard InChI is InChI=1S/C18H18BrNO3/c1-11-16-8-13(19)5-7-15(16)18(21)20(11)10-12-4-6-14(22-2)9-17(12)23-3/h4-9,11H,10H2,1-3H3. The molecule has 0 radical (unpaired) electrons. The van der Waals surface area contributed by atoms with Crippen LogP contribution in [0.2, 0.25) is 0 Å². The number of carbonyl (C=O) groups is 1. The van der Waals surface area contributed by atoms with Crippen LogP contribution in [0.15, 0.2) is 40.9 Å². The zero-order valence-electron chi connectivity index (χ0n) is 13.3. The fraction of sp³-hybridized carbons (Fsp3) is 0.278. The summed E-state index contributed by atoms with van der Waals surface area (Å²) >= 11 is 3.47. The van der Waals surface area contributed by atoms with Crippen LogP contribution in [0.25, 0.3) is 0 Å². The van der Waals surface area contributed by atoms with Crippen LogP contribution in [0.3, 0.4) is 0 Å². The van der Waals surface area contributed by atoms with Crippen molar-refractivity contribution in [2.24, 2.45) is 0 Å². The van der Waals surface area contributed by atoms with Crippen molar-refractivity contribution in [3.05, 3.63) is 57.6 Å². The molecule has 0 aliphatic carbocycles. The normalized spacial score (nSPS) is 16.4. The summed E-state index contributed by atoms with van der Waals surface area (Å²) < 4.78 is 11.6. The van der Waals surface area contributed by atoms with Gasteiger partial charge in [0.15, 0.2) is 0 Å². The molecule has 0 bridgehead atoms. The third kappa shape index (κ3) is 2.81. The first kappa shape index (κ1) is 15.9. The number of methoxy groups -OCH3 is 2. The number of benzene rings is 2. The number of rotatable bonds is 4. The lowest BCUT2D eigenvalue weighted by molar-refractivity contribution is 0.0721. The number of fused-ring (bicyclic) bond motifs is 1. The van der Waals surface area contributed by atoms with Gasteiger partial charge in [-0.3, -0.25) is 4.79 Å². The second kappa shape index (κ2) is 6.24. The van der Waals surface area contributed by atoms with Gasteiger partial charge in [0.1, 0.15) is 11.5 Å². The Bertz CT molecular complexity index is 760. The Morgan fingerprint density at radius 1 is 1.13 bits per heavy atom. The van der Waals surface area contributed by atoms with Gasteiger partial charge >= 0.3 is 0 Å². The van der Waals surface area contributed by atoms with Gasteiger partial charge in [-0.1, -0.05) is 15.9 Å². The van der Waals surface area contributed by atoms with Crippen molar-refractivity contribution in [3.8, 4) is 11.5 Å². The maximum Gasteiger partial charge on any atom is 0.255 e. The number of ether oxygens (including phenoxy) is 2. The predicted octanol–water partition coefficient (Wildman–Crippen LogP) is 4.18. The highest BCUT2D eigenvalue weighted by Gasteiger charge is 2.34. The van der Waals surface area contributed by atoms with Gasteiger partial charge in [0.2, 0.25) is 0 Å². The zero-order valence-corrected chi connectivity index (χ0v) is 14.9. The van der Waals surface area contributed by atoms with Crippen molar-refractivity contribution in [2.45, 2.75) is 19.5 Å². The minimum Gasteiger partial charge on any atom is -0.497 e. The first-order valence-corrected chi connectivity index (χ1v) is 8.15.